The SMILES string of the molecule is COc1cccc(NC(=O)CN(C)Cc2cc3c(cc2Br)OCCO3)c1. The lowest BCUT2D eigenvalue weighted by atomic mass is 10.2. The maximum atomic E-state index is 12.3. The minimum atomic E-state index is -0.0885. The van der Waals surface area contributed by atoms with Crippen LogP contribution in [0.15, 0.2) is 40.9 Å². The zero-order chi connectivity index (χ0) is 18.5. The van der Waals surface area contributed by atoms with Crippen molar-refractivity contribution in [1.29, 1.82) is 0 Å². The number of nitrogens with zero attached hydrogens (tertiary/aromatic N) is 1. The number of amides is 1. The van der Waals surface area contributed by atoms with E-state index in [1.165, 1.54) is 0 Å². The predicted molar refractivity (Wildman–Crippen MR) is 103 cm³/mol. The molecule has 2 aromatic rings. The van der Waals surface area contributed by atoms with Gasteiger partial charge in [0, 0.05) is 22.8 Å². The quantitative estimate of drug-likeness (QED) is 0.776. The van der Waals surface area contributed by atoms with Crippen LogP contribution in [0.2, 0.25) is 0 Å². The van der Waals surface area contributed by atoms with Gasteiger partial charge in [0.05, 0.1) is 13.7 Å². The summed E-state index contributed by atoms with van der Waals surface area (Å²) in [5, 5.41) is 2.88. The molecule has 0 radical (unpaired) electrons. The fourth-order valence-corrected chi connectivity index (χ4v) is 3.17. The molecule has 1 amide bonds. The first-order valence-corrected chi connectivity index (χ1v) is 9.05. The van der Waals surface area contributed by atoms with Gasteiger partial charge < -0.3 is 19.5 Å². The molecule has 0 spiro atoms. The lowest BCUT2D eigenvalue weighted by molar-refractivity contribution is -0.117. The Kier molecular flexibility index (Phi) is 6.00. The number of halogens is 1. The third-order valence-corrected chi connectivity index (χ3v) is 4.66. The van der Waals surface area contributed by atoms with Crippen LogP contribution >= 0.6 is 15.9 Å². The van der Waals surface area contributed by atoms with Crippen LogP contribution in [0.3, 0.4) is 0 Å². The summed E-state index contributed by atoms with van der Waals surface area (Å²) in [5.41, 5.74) is 1.74. The smallest absolute Gasteiger partial charge is 0.238 e. The lowest BCUT2D eigenvalue weighted by Gasteiger charge is -2.22. The zero-order valence-electron chi connectivity index (χ0n) is 14.8. The number of rotatable bonds is 6. The van der Waals surface area contributed by atoms with E-state index in [1.54, 1.807) is 13.2 Å². The molecule has 0 unspecified atom stereocenters. The van der Waals surface area contributed by atoms with Gasteiger partial charge in [-0.2, -0.15) is 0 Å². The van der Waals surface area contributed by atoms with Gasteiger partial charge in [-0.25, -0.2) is 0 Å². The molecule has 1 heterocycles. The Morgan fingerprint density at radius 3 is 2.69 bits per heavy atom. The monoisotopic (exact) mass is 420 g/mol. The number of fused-ring (bicyclic) bond motifs is 1. The molecular formula is C19H21BrN2O4. The van der Waals surface area contributed by atoms with Crippen LogP contribution in [0, 0.1) is 0 Å². The van der Waals surface area contributed by atoms with E-state index in [4.69, 9.17) is 14.2 Å². The molecule has 6 nitrogen and oxygen atoms in total. The molecule has 1 aliphatic heterocycles. The number of anilines is 1. The summed E-state index contributed by atoms with van der Waals surface area (Å²) in [6, 6.07) is 11.2. The summed E-state index contributed by atoms with van der Waals surface area (Å²) in [6.45, 7) is 1.97. The van der Waals surface area contributed by atoms with Crippen molar-refractivity contribution in [2.45, 2.75) is 6.54 Å². The van der Waals surface area contributed by atoms with Gasteiger partial charge in [-0.05, 0) is 36.9 Å². The van der Waals surface area contributed by atoms with Crippen LogP contribution in [-0.4, -0.2) is 44.7 Å². The van der Waals surface area contributed by atoms with Crippen LogP contribution in [0.25, 0.3) is 0 Å². The van der Waals surface area contributed by atoms with Gasteiger partial charge in [0.15, 0.2) is 11.5 Å². The van der Waals surface area contributed by atoms with Crippen molar-refractivity contribution in [1.82, 2.24) is 4.90 Å². The molecule has 1 aliphatic rings. The number of nitrogens with one attached hydrogen (secondary N) is 1. The number of methoxy groups -OCH3 is 1. The van der Waals surface area contributed by atoms with Crippen LogP contribution in [-0.2, 0) is 11.3 Å². The molecule has 0 aliphatic carbocycles. The minimum Gasteiger partial charge on any atom is -0.497 e. The van der Waals surface area contributed by atoms with E-state index in [9.17, 15) is 4.79 Å². The molecule has 2 aromatic carbocycles. The molecule has 138 valence electrons. The number of carbonyl (C=O) groups is 1. The van der Waals surface area contributed by atoms with Gasteiger partial charge in [-0.15, -0.1) is 0 Å². The maximum absolute atomic E-state index is 12.3. The molecule has 0 saturated carbocycles. The van der Waals surface area contributed by atoms with E-state index in [1.807, 2.05) is 42.3 Å². The summed E-state index contributed by atoms with van der Waals surface area (Å²) < 4.78 is 17.3. The fourth-order valence-electron chi connectivity index (χ4n) is 2.72. The van der Waals surface area contributed by atoms with Crippen molar-refractivity contribution in [3.05, 3.63) is 46.4 Å². The molecule has 0 aromatic heterocycles. The highest BCUT2D eigenvalue weighted by molar-refractivity contribution is 9.10. The molecule has 0 saturated heterocycles. The Balaban J connectivity index is 1.59. The van der Waals surface area contributed by atoms with Crippen LogP contribution in [0.5, 0.6) is 17.2 Å². The van der Waals surface area contributed by atoms with E-state index < -0.39 is 0 Å². The highest BCUT2D eigenvalue weighted by atomic mass is 79.9. The highest BCUT2D eigenvalue weighted by Crippen LogP contribution is 2.35. The molecular weight excluding hydrogens is 400 g/mol. The first-order valence-electron chi connectivity index (χ1n) is 8.25. The van der Waals surface area contributed by atoms with E-state index >= 15 is 0 Å². The average molecular weight is 421 g/mol. The highest BCUT2D eigenvalue weighted by Gasteiger charge is 2.16. The summed E-state index contributed by atoms with van der Waals surface area (Å²) >= 11 is 3.56. The molecule has 26 heavy (non-hydrogen) atoms. The topological polar surface area (TPSA) is 60.0 Å². The Hall–Kier alpha value is -2.25. The Labute approximate surface area is 161 Å². The third kappa shape index (κ3) is 4.68. The standard InChI is InChI=1S/C19H21BrN2O4/c1-22(12-19(23)21-14-4-3-5-15(9-14)24-2)11-13-8-17-18(10-16(13)20)26-7-6-25-17/h3-5,8-10H,6-7,11-12H2,1-2H3,(H,21,23). The van der Waals surface area contributed by atoms with Crippen molar-refractivity contribution < 1.29 is 19.0 Å². The van der Waals surface area contributed by atoms with Gasteiger partial charge in [-0.3, -0.25) is 9.69 Å². The molecule has 1 N–H and O–H groups in total. The Bertz CT molecular complexity index is 797. The molecule has 3 rings (SSSR count). The largest absolute Gasteiger partial charge is 0.497 e. The summed E-state index contributed by atoms with van der Waals surface area (Å²) in [4.78, 5) is 14.2. The van der Waals surface area contributed by atoms with Crippen molar-refractivity contribution in [3.8, 4) is 17.2 Å². The van der Waals surface area contributed by atoms with E-state index in [0.717, 1.165) is 21.5 Å². The second-order valence-electron chi connectivity index (χ2n) is 6.04. The van der Waals surface area contributed by atoms with Gasteiger partial charge in [0.25, 0.3) is 0 Å². The third-order valence-electron chi connectivity index (χ3n) is 3.92. The first-order chi connectivity index (χ1) is 12.5. The predicted octanol–water partition coefficient (Wildman–Crippen LogP) is 3.30. The number of benzene rings is 2. The number of carbonyl (C=O) groups excluding carboxylic acids is 1. The van der Waals surface area contributed by atoms with Gasteiger partial charge in [0.1, 0.15) is 19.0 Å². The Morgan fingerprint density at radius 1 is 1.23 bits per heavy atom. The van der Waals surface area contributed by atoms with E-state index in [0.29, 0.717) is 31.2 Å². The van der Waals surface area contributed by atoms with Gasteiger partial charge in [-0.1, -0.05) is 22.0 Å². The Morgan fingerprint density at radius 2 is 1.96 bits per heavy atom. The minimum absolute atomic E-state index is 0.0885. The van der Waals surface area contributed by atoms with Gasteiger partial charge in [0.2, 0.25) is 5.91 Å². The number of ether oxygens (including phenoxy) is 3. The molecule has 7 heteroatoms. The first kappa shape index (κ1) is 18.5. The number of hydrogen-bond donors (Lipinski definition) is 1. The van der Waals surface area contributed by atoms with Crippen LogP contribution < -0.4 is 19.5 Å². The van der Waals surface area contributed by atoms with Gasteiger partial charge >= 0.3 is 0 Å². The van der Waals surface area contributed by atoms with Crippen molar-refractivity contribution in [3.63, 3.8) is 0 Å². The van der Waals surface area contributed by atoms with E-state index in [-0.39, 0.29) is 12.5 Å². The summed E-state index contributed by atoms with van der Waals surface area (Å²) in [6.07, 6.45) is 0. The van der Waals surface area contributed by atoms with Crippen LogP contribution in [0.1, 0.15) is 5.56 Å². The molecule has 0 bridgehead atoms. The summed E-state index contributed by atoms with van der Waals surface area (Å²) in [7, 11) is 3.49. The van der Waals surface area contributed by atoms with Crippen molar-refractivity contribution in [2.75, 3.05) is 39.2 Å². The number of likely N-dealkylation sites (N-methyl/N-ethyl adjacent to an activating group) is 1. The number of hydrogen-bond acceptors (Lipinski definition) is 5. The second kappa shape index (κ2) is 8.42. The normalized spacial score (nSPS) is 12.8. The zero-order valence-corrected chi connectivity index (χ0v) is 16.3. The maximum Gasteiger partial charge on any atom is 0.238 e. The fraction of sp³-hybridized carbons (Fsp3) is 0.316. The van der Waals surface area contributed by atoms with Crippen molar-refractivity contribution >= 4 is 27.5 Å². The molecule has 0 fully saturated rings. The lowest BCUT2D eigenvalue weighted by Crippen LogP contribution is -2.30. The van der Waals surface area contributed by atoms with Crippen LogP contribution in [0.4, 0.5) is 5.69 Å². The molecule has 0 atom stereocenters. The average Bonchev–Trinajstić information content (AvgIpc) is 2.62. The van der Waals surface area contributed by atoms with E-state index in [2.05, 4.69) is 21.2 Å². The summed E-state index contributed by atoms with van der Waals surface area (Å²) in [5.74, 6) is 2.10. The second-order valence-corrected chi connectivity index (χ2v) is 6.89. The van der Waals surface area contributed by atoms with Crippen molar-refractivity contribution in [2.24, 2.45) is 0 Å².